The summed E-state index contributed by atoms with van der Waals surface area (Å²) < 4.78 is 2.25. The van der Waals surface area contributed by atoms with Crippen LogP contribution in [0.2, 0.25) is 0 Å². The quantitative estimate of drug-likeness (QED) is 0.317. The van der Waals surface area contributed by atoms with Crippen molar-refractivity contribution < 1.29 is 4.79 Å². The minimum absolute atomic E-state index is 0.140. The van der Waals surface area contributed by atoms with Crippen LogP contribution < -0.4 is 10.5 Å². The molecule has 0 saturated carbocycles. The smallest absolute Gasteiger partial charge is 0.270 e. The standard InChI is InChI=1S/C25H32N4O2S2/c1-6-8-10-28-22(27-14-16(3)11-17(4)15-27)19(18(5)20(13-26)23(28)30)12-21-24(31)29(9-7-2)25(32)33-21/h7,12,16-17H,2,6,8-11,14-15H2,1,3-5H3. The number of pyridine rings is 1. The Morgan fingerprint density at radius 2 is 1.94 bits per heavy atom. The fourth-order valence-electron chi connectivity index (χ4n) is 4.76. The molecule has 3 heterocycles. The van der Waals surface area contributed by atoms with E-state index in [1.54, 1.807) is 17.6 Å². The van der Waals surface area contributed by atoms with Crippen LogP contribution in [0.25, 0.3) is 6.08 Å². The lowest BCUT2D eigenvalue weighted by Gasteiger charge is -2.39. The van der Waals surface area contributed by atoms with Crippen molar-refractivity contribution in [1.82, 2.24) is 9.47 Å². The second kappa shape index (κ2) is 10.7. The molecule has 0 aliphatic carbocycles. The average Bonchev–Trinajstić information content (AvgIpc) is 3.02. The fourth-order valence-corrected chi connectivity index (χ4v) is 6.02. The third-order valence-corrected chi connectivity index (χ3v) is 7.59. The van der Waals surface area contributed by atoms with Gasteiger partial charge < -0.3 is 4.90 Å². The van der Waals surface area contributed by atoms with Gasteiger partial charge in [0, 0.05) is 31.7 Å². The molecule has 176 valence electrons. The van der Waals surface area contributed by atoms with Crippen LogP contribution in [0, 0.1) is 30.1 Å². The first-order chi connectivity index (χ1) is 15.7. The molecule has 0 N–H and O–H groups in total. The van der Waals surface area contributed by atoms with Gasteiger partial charge in [-0.25, -0.2) is 0 Å². The number of anilines is 1. The van der Waals surface area contributed by atoms with Crippen LogP contribution in [0.15, 0.2) is 22.4 Å². The van der Waals surface area contributed by atoms with E-state index in [9.17, 15) is 14.9 Å². The summed E-state index contributed by atoms with van der Waals surface area (Å²) in [6.07, 6.45) is 6.39. The van der Waals surface area contributed by atoms with Crippen molar-refractivity contribution in [3.63, 3.8) is 0 Å². The van der Waals surface area contributed by atoms with E-state index in [0.29, 0.717) is 39.7 Å². The summed E-state index contributed by atoms with van der Waals surface area (Å²) in [6, 6.07) is 2.12. The van der Waals surface area contributed by atoms with E-state index in [-0.39, 0.29) is 17.0 Å². The Labute approximate surface area is 205 Å². The molecule has 3 rings (SSSR count). The maximum absolute atomic E-state index is 13.4. The zero-order valence-electron chi connectivity index (χ0n) is 19.9. The van der Waals surface area contributed by atoms with E-state index >= 15 is 0 Å². The van der Waals surface area contributed by atoms with Crippen molar-refractivity contribution in [1.29, 1.82) is 5.26 Å². The molecule has 2 aliphatic heterocycles. The van der Waals surface area contributed by atoms with Gasteiger partial charge in [-0.05, 0) is 43.2 Å². The number of carbonyl (C=O) groups is 1. The normalized spacial score (nSPS) is 22.2. The SMILES string of the molecule is C=CCN1C(=O)C(=Cc2c(C)c(C#N)c(=O)n(CCCC)c2N2CC(C)CC(C)C2)SC1=S. The van der Waals surface area contributed by atoms with Crippen LogP contribution in [0.3, 0.4) is 0 Å². The fraction of sp³-hybridized carbons (Fsp3) is 0.520. The number of rotatable bonds is 7. The number of hydrogen-bond donors (Lipinski definition) is 0. The summed E-state index contributed by atoms with van der Waals surface area (Å²) in [6.45, 7) is 14.6. The number of thioether (sulfide) groups is 1. The number of nitriles is 1. The summed E-state index contributed by atoms with van der Waals surface area (Å²) in [5.74, 6) is 1.62. The number of amides is 1. The lowest BCUT2D eigenvalue weighted by Crippen LogP contribution is -2.43. The van der Waals surface area contributed by atoms with E-state index in [1.807, 2.05) is 6.08 Å². The van der Waals surface area contributed by atoms with Crippen molar-refractivity contribution in [3.8, 4) is 6.07 Å². The van der Waals surface area contributed by atoms with Crippen molar-refractivity contribution >= 4 is 46.1 Å². The summed E-state index contributed by atoms with van der Waals surface area (Å²) >= 11 is 6.67. The predicted molar refractivity (Wildman–Crippen MR) is 140 cm³/mol. The molecule has 33 heavy (non-hydrogen) atoms. The minimum atomic E-state index is -0.249. The molecular weight excluding hydrogens is 452 g/mol. The van der Waals surface area contributed by atoms with Gasteiger partial charge in [-0.3, -0.25) is 19.1 Å². The molecule has 0 spiro atoms. The Kier molecular flexibility index (Phi) is 8.19. The van der Waals surface area contributed by atoms with Crippen molar-refractivity contribution in [2.24, 2.45) is 11.8 Å². The van der Waals surface area contributed by atoms with Crippen LogP contribution in [0.1, 0.15) is 56.7 Å². The second-order valence-electron chi connectivity index (χ2n) is 9.09. The Morgan fingerprint density at radius 1 is 1.27 bits per heavy atom. The largest absolute Gasteiger partial charge is 0.357 e. The van der Waals surface area contributed by atoms with Crippen LogP contribution in [0.4, 0.5) is 5.82 Å². The third-order valence-electron chi connectivity index (χ3n) is 6.21. The molecule has 2 fully saturated rings. The molecule has 1 amide bonds. The molecule has 6 nitrogen and oxygen atoms in total. The lowest BCUT2D eigenvalue weighted by molar-refractivity contribution is -0.121. The maximum Gasteiger partial charge on any atom is 0.270 e. The monoisotopic (exact) mass is 484 g/mol. The molecule has 8 heteroatoms. The minimum Gasteiger partial charge on any atom is -0.357 e. The van der Waals surface area contributed by atoms with Gasteiger partial charge in [-0.2, -0.15) is 5.26 Å². The first kappa shape index (κ1) is 25.3. The summed E-state index contributed by atoms with van der Waals surface area (Å²) in [5.41, 5.74) is 1.27. The van der Waals surface area contributed by atoms with Gasteiger partial charge >= 0.3 is 0 Å². The zero-order chi connectivity index (χ0) is 24.3. The predicted octanol–water partition coefficient (Wildman–Crippen LogP) is 4.70. The number of hydrogen-bond acceptors (Lipinski definition) is 6. The first-order valence-electron chi connectivity index (χ1n) is 11.5. The molecule has 0 bridgehead atoms. The molecular formula is C25H32N4O2S2. The van der Waals surface area contributed by atoms with Gasteiger partial charge in [-0.1, -0.05) is 57.2 Å². The van der Waals surface area contributed by atoms with Gasteiger partial charge in [0.1, 0.15) is 21.8 Å². The molecule has 0 radical (unpaired) electrons. The zero-order valence-corrected chi connectivity index (χ0v) is 21.5. The van der Waals surface area contributed by atoms with Crippen molar-refractivity contribution in [3.05, 3.63) is 44.6 Å². The van der Waals surface area contributed by atoms with Crippen LogP contribution >= 0.6 is 24.0 Å². The third kappa shape index (κ3) is 5.10. The van der Waals surface area contributed by atoms with Gasteiger partial charge in [-0.15, -0.1) is 6.58 Å². The second-order valence-corrected chi connectivity index (χ2v) is 10.8. The number of piperidine rings is 1. The molecule has 2 unspecified atom stereocenters. The van der Waals surface area contributed by atoms with Crippen LogP contribution in [-0.4, -0.2) is 39.3 Å². The topological polar surface area (TPSA) is 69.3 Å². The number of nitrogens with zero attached hydrogens (tertiary/aromatic N) is 4. The highest BCUT2D eigenvalue weighted by Crippen LogP contribution is 2.37. The first-order valence-corrected chi connectivity index (χ1v) is 12.7. The Bertz CT molecular complexity index is 1090. The van der Waals surface area contributed by atoms with Crippen LogP contribution in [-0.2, 0) is 11.3 Å². The highest BCUT2D eigenvalue weighted by molar-refractivity contribution is 8.26. The molecule has 2 saturated heterocycles. The van der Waals surface area contributed by atoms with E-state index in [4.69, 9.17) is 12.2 Å². The highest BCUT2D eigenvalue weighted by atomic mass is 32.2. The molecule has 0 aromatic carbocycles. The lowest BCUT2D eigenvalue weighted by atomic mass is 9.91. The maximum atomic E-state index is 13.4. The molecule has 2 atom stereocenters. The van der Waals surface area contributed by atoms with Gasteiger partial charge in [0.05, 0.1) is 4.91 Å². The molecule has 2 aliphatic rings. The van der Waals surface area contributed by atoms with E-state index in [0.717, 1.165) is 43.7 Å². The summed E-state index contributed by atoms with van der Waals surface area (Å²) in [5, 5.41) is 9.82. The van der Waals surface area contributed by atoms with E-state index in [2.05, 4.69) is 38.3 Å². The van der Waals surface area contributed by atoms with Gasteiger partial charge in [0.2, 0.25) is 0 Å². The Balaban J connectivity index is 2.26. The molecule has 1 aromatic heterocycles. The average molecular weight is 485 g/mol. The number of thiocarbonyl (C=S) groups is 1. The van der Waals surface area contributed by atoms with E-state index in [1.165, 1.54) is 16.7 Å². The van der Waals surface area contributed by atoms with Gasteiger partial charge in [0.15, 0.2) is 0 Å². The van der Waals surface area contributed by atoms with Crippen molar-refractivity contribution in [2.45, 2.75) is 53.5 Å². The Morgan fingerprint density at radius 3 is 2.52 bits per heavy atom. The van der Waals surface area contributed by atoms with E-state index < -0.39 is 0 Å². The highest BCUT2D eigenvalue weighted by Gasteiger charge is 2.33. The Hall–Kier alpha value is -2.37. The summed E-state index contributed by atoms with van der Waals surface area (Å²) in [7, 11) is 0. The van der Waals surface area contributed by atoms with Gasteiger partial charge in [0.25, 0.3) is 11.5 Å². The number of unbranched alkanes of at least 4 members (excludes halogenated alkanes) is 1. The van der Waals surface area contributed by atoms with Crippen molar-refractivity contribution in [2.75, 3.05) is 24.5 Å². The number of carbonyl (C=O) groups excluding carboxylic acids is 1. The summed E-state index contributed by atoms with van der Waals surface area (Å²) in [4.78, 5) is 30.7. The van der Waals surface area contributed by atoms with Crippen LogP contribution in [0.5, 0.6) is 0 Å². The molecule has 1 aromatic rings. The number of aromatic nitrogens is 1.